The highest BCUT2D eigenvalue weighted by Gasteiger charge is 2.61. The summed E-state index contributed by atoms with van der Waals surface area (Å²) in [5, 5.41) is 31.3. The molecular weight excluding hydrogens is 332 g/mol. The predicted molar refractivity (Wildman–Crippen MR) is 96.0 cm³/mol. The normalized spacial score (nSPS) is 53.2. The molecule has 4 aliphatic rings. The van der Waals surface area contributed by atoms with Gasteiger partial charge in [0.15, 0.2) is 0 Å². The Morgan fingerprint density at radius 2 is 1.85 bits per heavy atom. The lowest BCUT2D eigenvalue weighted by Crippen LogP contribution is -2.54. The molecule has 3 saturated carbocycles. The first-order chi connectivity index (χ1) is 12.2. The van der Waals surface area contributed by atoms with Gasteiger partial charge >= 0.3 is 5.97 Å². The van der Waals surface area contributed by atoms with E-state index < -0.39 is 24.4 Å². The number of ether oxygens (including phenoxy) is 1. The van der Waals surface area contributed by atoms with Crippen LogP contribution < -0.4 is 0 Å². The molecule has 146 valence electrons. The van der Waals surface area contributed by atoms with E-state index in [2.05, 4.69) is 19.9 Å². The fourth-order valence-electron chi connectivity index (χ4n) is 7.00. The van der Waals surface area contributed by atoms with E-state index in [1.807, 2.05) is 0 Å². The number of hydrogen-bond donors (Lipinski definition) is 3. The fraction of sp³-hybridized carbons (Fsp3) is 0.857. The van der Waals surface area contributed by atoms with Crippen LogP contribution in [0.3, 0.4) is 0 Å². The van der Waals surface area contributed by atoms with Crippen molar-refractivity contribution in [2.75, 3.05) is 0 Å². The molecule has 0 radical (unpaired) electrons. The maximum absolute atomic E-state index is 11.6. The standard InChI is InChI=1S/C21H32O5/c1-11(22)26-18-14-5-4-12-13(20(14,2)9-7-16(18)23)6-8-21(3)15(12)10-17(24)19(21)25/h5,12-13,15-19,23-25H,4,6-10H2,1-3H3/t12?,13?,15?,16-,17+,18+,19-,20?,21?/m0/s1. The zero-order chi connectivity index (χ0) is 18.9. The van der Waals surface area contributed by atoms with Crippen LogP contribution in [0.25, 0.3) is 0 Å². The van der Waals surface area contributed by atoms with Gasteiger partial charge in [0.1, 0.15) is 6.10 Å². The number of carbonyl (C=O) groups is 1. The molecule has 0 amide bonds. The van der Waals surface area contributed by atoms with Crippen molar-refractivity contribution in [3.63, 3.8) is 0 Å². The molecule has 5 unspecified atom stereocenters. The number of carbonyl (C=O) groups excluding carboxylic acids is 1. The second-order valence-corrected chi connectivity index (χ2v) is 9.62. The van der Waals surface area contributed by atoms with Crippen LogP contribution in [0.1, 0.15) is 59.3 Å². The summed E-state index contributed by atoms with van der Waals surface area (Å²) in [7, 11) is 0. The lowest BCUT2D eigenvalue weighted by Gasteiger charge is -2.58. The SMILES string of the molecule is CC(=O)O[C@@H]1C2=CCC3C(CCC4(C)C3C[C@@H](O)[C@@H]4O)C2(C)CC[C@@H]1O. The van der Waals surface area contributed by atoms with E-state index >= 15 is 0 Å². The lowest BCUT2D eigenvalue weighted by molar-refractivity contribution is -0.155. The molecule has 0 saturated heterocycles. The number of rotatable bonds is 1. The summed E-state index contributed by atoms with van der Waals surface area (Å²) in [6.07, 6.45) is 4.80. The Hall–Kier alpha value is -0.910. The molecule has 4 aliphatic carbocycles. The van der Waals surface area contributed by atoms with Gasteiger partial charge in [-0.15, -0.1) is 0 Å². The largest absolute Gasteiger partial charge is 0.455 e. The third-order valence-corrected chi connectivity index (χ3v) is 8.41. The van der Waals surface area contributed by atoms with Gasteiger partial charge in [-0.3, -0.25) is 4.79 Å². The summed E-state index contributed by atoms with van der Waals surface area (Å²) >= 11 is 0. The minimum Gasteiger partial charge on any atom is -0.455 e. The molecule has 9 atom stereocenters. The van der Waals surface area contributed by atoms with Crippen LogP contribution in [0, 0.1) is 28.6 Å². The summed E-state index contributed by atoms with van der Waals surface area (Å²) in [6.45, 7) is 5.81. The van der Waals surface area contributed by atoms with Crippen LogP contribution in [-0.4, -0.2) is 45.7 Å². The van der Waals surface area contributed by atoms with E-state index in [-0.39, 0.29) is 16.8 Å². The number of aliphatic hydroxyl groups excluding tert-OH is 3. The van der Waals surface area contributed by atoms with E-state index in [9.17, 15) is 20.1 Å². The molecule has 3 fully saturated rings. The van der Waals surface area contributed by atoms with Gasteiger partial charge in [-0.05, 0) is 72.7 Å². The Kier molecular flexibility index (Phi) is 4.29. The Morgan fingerprint density at radius 1 is 1.12 bits per heavy atom. The number of esters is 1. The van der Waals surface area contributed by atoms with Gasteiger partial charge in [-0.1, -0.05) is 19.9 Å². The van der Waals surface area contributed by atoms with Crippen LogP contribution in [0.5, 0.6) is 0 Å². The van der Waals surface area contributed by atoms with Crippen LogP contribution in [0.15, 0.2) is 11.6 Å². The van der Waals surface area contributed by atoms with E-state index in [4.69, 9.17) is 4.74 Å². The summed E-state index contributed by atoms with van der Waals surface area (Å²) in [5.41, 5.74) is 0.809. The summed E-state index contributed by atoms with van der Waals surface area (Å²) in [4.78, 5) is 11.6. The number of aliphatic hydroxyl groups is 3. The Balaban J connectivity index is 1.69. The summed E-state index contributed by atoms with van der Waals surface area (Å²) in [5.74, 6) is 0.852. The van der Waals surface area contributed by atoms with Gasteiger partial charge in [0.25, 0.3) is 0 Å². The van der Waals surface area contributed by atoms with Crippen molar-refractivity contribution in [3.8, 4) is 0 Å². The van der Waals surface area contributed by atoms with Crippen LogP contribution >= 0.6 is 0 Å². The minimum atomic E-state index is -0.631. The molecule has 26 heavy (non-hydrogen) atoms. The molecule has 0 aromatic carbocycles. The van der Waals surface area contributed by atoms with Crippen LogP contribution in [0.4, 0.5) is 0 Å². The van der Waals surface area contributed by atoms with Gasteiger partial charge in [0.2, 0.25) is 0 Å². The Morgan fingerprint density at radius 3 is 2.54 bits per heavy atom. The number of allylic oxidation sites excluding steroid dienone is 1. The second-order valence-electron chi connectivity index (χ2n) is 9.62. The number of fused-ring (bicyclic) bond motifs is 5. The first-order valence-corrected chi connectivity index (χ1v) is 10.1. The molecule has 5 heteroatoms. The Bertz CT molecular complexity index is 630. The molecular formula is C21H32O5. The van der Waals surface area contributed by atoms with Gasteiger partial charge in [-0.25, -0.2) is 0 Å². The fourth-order valence-corrected chi connectivity index (χ4v) is 7.00. The van der Waals surface area contributed by atoms with E-state index in [0.717, 1.165) is 31.3 Å². The topological polar surface area (TPSA) is 87.0 Å². The van der Waals surface area contributed by atoms with Crippen molar-refractivity contribution in [2.24, 2.45) is 28.6 Å². The molecule has 0 aromatic rings. The Labute approximate surface area is 155 Å². The van der Waals surface area contributed by atoms with Crippen molar-refractivity contribution >= 4 is 5.97 Å². The van der Waals surface area contributed by atoms with Crippen LogP contribution in [-0.2, 0) is 9.53 Å². The van der Waals surface area contributed by atoms with Crippen molar-refractivity contribution in [3.05, 3.63) is 11.6 Å². The van der Waals surface area contributed by atoms with Crippen molar-refractivity contribution in [2.45, 2.75) is 83.7 Å². The van der Waals surface area contributed by atoms with Gasteiger partial charge in [0.05, 0.1) is 18.3 Å². The zero-order valence-electron chi connectivity index (χ0n) is 16.0. The van der Waals surface area contributed by atoms with E-state index in [0.29, 0.717) is 30.6 Å². The van der Waals surface area contributed by atoms with E-state index in [1.54, 1.807) is 0 Å². The van der Waals surface area contributed by atoms with Crippen LogP contribution in [0.2, 0.25) is 0 Å². The minimum absolute atomic E-state index is 0.0813. The third kappa shape index (κ3) is 2.43. The molecule has 0 aromatic heterocycles. The monoisotopic (exact) mass is 364 g/mol. The maximum atomic E-state index is 11.6. The third-order valence-electron chi connectivity index (χ3n) is 8.41. The van der Waals surface area contributed by atoms with Crippen molar-refractivity contribution < 1.29 is 24.9 Å². The first kappa shape index (κ1) is 18.5. The molecule has 0 bridgehead atoms. The number of hydrogen-bond acceptors (Lipinski definition) is 5. The average Bonchev–Trinajstić information content (AvgIpc) is 2.81. The molecule has 0 heterocycles. The van der Waals surface area contributed by atoms with E-state index in [1.165, 1.54) is 6.92 Å². The summed E-state index contributed by atoms with van der Waals surface area (Å²) < 4.78 is 5.52. The first-order valence-electron chi connectivity index (χ1n) is 10.1. The highest BCUT2D eigenvalue weighted by atomic mass is 16.6. The van der Waals surface area contributed by atoms with Gasteiger partial charge < -0.3 is 20.1 Å². The molecule has 5 nitrogen and oxygen atoms in total. The summed E-state index contributed by atoms with van der Waals surface area (Å²) in [6, 6.07) is 0. The van der Waals surface area contributed by atoms with Crippen molar-refractivity contribution in [1.82, 2.24) is 0 Å². The smallest absolute Gasteiger partial charge is 0.303 e. The lowest BCUT2D eigenvalue weighted by atomic mass is 9.47. The quantitative estimate of drug-likeness (QED) is 0.490. The highest BCUT2D eigenvalue weighted by molar-refractivity contribution is 5.66. The molecule has 0 aliphatic heterocycles. The molecule has 4 rings (SSSR count). The maximum Gasteiger partial charge on any atom is 0.303 e. The van der Waals surface area contributed by atoms with Gasteiger partial charge in [0, 0.05) is 6.92 Å². The highest BCUT2D eigenvalue weighted by Crippen LogP contribution is 2.65. The second kappa shape index (κ2) is 6.05. The molecule has 0 spiro atoms. The predicted octanol–water partition coefficient (Wildman–Crippen LogP) is 2.18. The average molecular weight is 364 g/mol. The molecule has 3 N–H and O–H groups in total. The van der Waals surface area contributed by atoms with Crippen molar-refractivity contribution in [1.29, 1.82) is 0 Å². The van der Waals surface area contributed by atoms with Gasteiger partial charge in [-0.2, -0.15) is 0 Å². The zero-order valence-corrected chi connectivity index (χ0v) is 16.0.